The van der Waals surface area contributed by atoms with Gasteiger partial charge >= 0.3 is 5.97 Å². The molecule has 1 saturated heterocycles. The lowest BCUT2D eigenvalue weighted by Crippen LogP contribution is -2.47. The van der Waals surface area contributed by atoms with Crippen molar-refractivity contribution in [3.05, 3.63) is 30.1 Å². The molecule has 130 valence electrons. The molecule has 1 aliphatic carbocycles. The van der Waals surface area contributed by atoms with Crippen LogP contribution in [0.3, 0.4) is 0 Å². The van der Waals surface area contributed by atoms with Gasteiger partial charge in [-0.1, -0.05) is 6.42 Å². The molecule has 5 nitrogen and oxygen atoms in total. The number of benzene rings is 1. The van der Waals surface area contributed by atoms with Crippen LogP contribution in [0.25, 0.3) is 0 Å². The molecule has 1 heterocycles. The number of piperidine rings is 1. The number of nitrogens with zero attached hydrogens (tertiary/aromatic N) is 1. The number of hydrogen-bond donors (Lipinski definition) is 1. The Bertz CT molecular complexity index is 604. The number of hydrogen-bond acceptors (Lipinski definition) is 3. The fourth-order valence-electron chi connectivity index (χ4n) is 3.40. The molecule has 0 aromatic heterocycles. The van der Waals surface area contributed by atoms with Crippen molar-refractivity contribution in [1.29, 1.82) is 0 Å². The van der Waals surface area contributed by atoms with Gasteiger partial charge in [0.05, 0.1) is 5.41 Å². The minimum absolute atomic E-state index is 0.00310. The van der Waals surface area contributed by atoms with E-state index < -0.39 is 11.4 Å². The second-order valence-corrected chi connectivity index (χ2v) is 6.77. The van der Waals surface area contributed by atoms with E-state index >= 15 is 0 Å². The molecule has 1 aliphatic heterocycles. The van der Waals surface area contributed by atoms with E-state index in [0.717, 1.165) is 6.42 Å². The number of rotatable bonds is 5. The highest BCUT2D eigenvalue weighted by Crippen LogP contribution is 2.44. The Labute approximate surface area is 140 Å². The summed E-state index contributed by atoms with van der Waals surface area (Å²) in [6, 6.07) is 5.91. The molecule has 24 heavy (non-hydrogen) atoms. The molecule has 6 heteroatoms. The Balaban J connectivity index is 1.48. The molecule has 0 unspecified atom stereocenters. The summed E-state index contributed by atoms with van der Waals surface area (Å²) in [6.45, 7) is 1.14. The highest BCUT2D eigenvalue weighted by Gasteiger charge is 2.46. The van der Waals surface area contributed by atoms with E-state index in [9.17, 15) is 19.1 Å². The second-order valence-electron chi connectivity index (χ2n) is 6.77. The summed E-state index contributed by atoms with van der Waals surface area (Å²) >= 11 is 0. The predicted octanol–water partition coefficient (Wildman–Crippen LogP) is 2.84. The summed E-state index contributed by atoms with van der Waals surface area (Å²) in [7, 11) is 0. The molecule has 1 N–H and O–H groups in total. The van der Waals surface area contributed by atoms with Gasteiger partial charge < -0.3 is 14.7 Å². The first-order valence-corrected chi connectivity index (χ1v) is 8.42. The molecule has 2 fully saturated rings. The molecule has 1 aromatic rings. The van der Waals surface area contributed by atoms with E-state index in [4.69, 9.17) is 4.74 Å². The Kier molecular flexibility index (Phi) is 4.73. The Morgan fingerprint density at radius 2 is 1.83 bits per heavy atom. The van der Waals surface area contributed by atoms with Crippen molar-refractivity contribution in [3.63, 3.8) is 0 Å². The molecule has 0 radical (unpaired) electrons. The first-order valence-electron chi connectivity index (χ1n) is 8.42. The van der Waals surface area contributed by atoms with Crippen LogP contribution in [0, 0.1) is 11.2 Å². The zero-order valence-electron chi connectivity index (χ0n) is 13.5. The van der Waals surface area contributed by atoms with Gasteiger partial charge in [0.2, 0.25) is 5.91 Å². The van der Waals surface area contributed by atoms with Crippen LogP contribution in [0.4, 0.5) is 4.39 Å². The summed E-state index contributed by atoms with van der Waals surface area (Å²) < 4.78 is 18.7. The Hall–Kier alpha value is -2.11. The average Bonchev–Trinajstić information content (AvgIpc) is 2.53. The molecule has 2 aliphatic rings. The number of likely N-dealkylation sites (tertiary alicyclic amines) is 1. The van der Waals surface area contributed by atoms with Crippen LogP contribution in [-0.2, 0) is 9.59 Å². The molecule has 1 aromatic carbocycles. The molecule has 0 atom stereocenters. The van der Waals surface area contributed by atoms with Gasteiger partial charge in [0.15, 0.2) is 0 Å². The molecule has 1 amide bonds. The van der Waals surface area contributed by atoms with Gasteiger partial charge in [-0.2, -0.15) is 0 Å². The van der Waals surface area contributed by atoms with Gasteiger partial charge in [-0.15, -0.1) is 0 Å². The summed E-state index contributed by atoms with van der Waals surface area (Å²) in [5.74, 6) is -0.597. The maximum atomic E-state index is 12.9. The summed E-state index contributed by atoms with van der Waals surface area (Å²) in [6.07, 6.45) is 3.57. The van der Waals surface area contributed by atoms with Gasteiger partial charge in [0, 0.05) is 32.4 Å². The largest absolute Gasteiger partial charge is 0.490 e. The summed E-state index contributed by atoms with van der Waals surface area (Å²) in [4.78, 5) is 25.5. The number of amides is 1. The second kappa shape index (κ2) is 6.79. The summed E-state index contributed by atoms with van der Waals surface area (Å²) in [5, 5.41) is 9.34. The third-order valence-corrected chi connectivity index (χ3v) is 5.17. The van der Waals surface area contributed by atoms with Crippen molar-refractivity contribution in [1.82, 2.24) is 4.90 Å². The fraction of sp³-hybridized carbons (Fsp3) is 0.556. The Morgan fingerprint density at radius 3 is 2.33 bits per heavy atom. The third kappa shape index (κ3) is 3.52. The van der Waals surface area contributed by atoms with E-state index in [0.29, 0.717) is 44.5 Å². The lowest BCUT2D eigenvalue weighted by molar-refractivity contribution is -0.160. The van der Waals surface area contributed by atoms with Crippen molar-refractivity contribution in [2.24, 2.45) is 5.41 Å². The number of ether oxygens (including phenoxy) is 1. The average molecular weight is 335 g/mol. The molecular formula is C18H22FNO4. The minimum Gasteiger partial charge on any atom is -0.490 e. The van der Waals surface area contributed by atoms with Gasteiger partial charge in [-0.3, -0.25) is 9.59 Å². The van der Waals surface area contributed by atoms with Gasteiger partial charge in [-0.25, -0.2) is 4.39 Å². The number of carbonyl (C=O) groups excluding carboxylic acids is 1. The molecule has 0 bridgehead atoms. The minimum atomic E-state index is -0.850. The number of carbonyl (C=O) groups is 2. The molecule has 1 saturated carbocycles. The van der Waals surface area contributed by atoms with Crippen LogP contribution in [0.5, 0.6) is 5.75 Å². The molecular weight excluding hydrogens is 313 g/mol. The van der Waals surface area contributed by atoms with Crippen LogP contribution in [0.1, 0.15) is 38.5 Å². The number of carboxylic acid groups (broad SMARTS) is 1. The van der Waals surface area contributed by atoms with Gasteiger partial charge in [0.25, 0.3) is 0 Å². The van der Waals surface area contributed by atoms with Crippen LogP contribution in [0.2, 0.25) is 0 Å². The van der Waals surface area contributed by atoms with Crippen molar-refractivity contribution >= 4 is 11.9 Å². The number of aliphatic carboxylic acids is 1. The SMILES string of the molecule is O=C(CC1(C(=O)O)CCC1)N1CCC(Oc2ccc(F)cc2)CC1. The van der Waals surface area contributed by atoms with Crippen LogP contribution < -0.4 is 4.74 Å². The lowest BCUT2D eigenvalue weighted by Gasteiger charge is -2.39. The highest BCUT2D eigenvalue weighted by atomic mass is 19.1. The maximum absolute atomic E-state index is 12.9. The van der Waals surface area contributed by atoms with Crippen molar-refractivity contribution in [2.75, 3.05) is 13.1 Å². The third-order valence-electron chi connectivity index (χ3n) is 5.17. The van der Waals surface area contributed by atoms with E-state index in [2.05, 4.69) is 0 Å². The fourth-order valence-corrected chi connectivity index (χ4v) is 3.40. The van der Waals surface area contributed by atoms with Crippen LogP contribution in [0.15, 0.2) is 24.3 Å². The topological polar surface area (TPSA) is 66.8 Å². The summed E-state index contributed by atoms with van der Waals surface area (Å²) in [5.41, 5.74) is -0.835. The quantitative estimate of drug-likeness (QED) is 0.898. The standard InChI is InChI=1S/C18H22FNO4/c19-13-2-4-14(5-3-13)24-15-6-10-20(11-7-15)16(21)12-18(17(22)23)8-1-9-18/h2-5,15H,1,6-12H2,(H,22,23). The maximum Gasteiger partial charge on any atom is 0.310 e. The van der Waals surface area contributed by atoms with E-state index in [1.54, 1.807) is 17.0 Å². The van der Waals surface area contributed by atoms with Crippen LogP contribution in [-0.4, -0.2) is 41.1 Å². The normalized spacial score (nSPS) is 20.3. The zero-order valence-corrected chi connectivity index (χ0v) is 13.5. The smallest absolute Gasteiger partial charge is 0.310 e. The zero-order chi connectivity index (χ0) is 17.2. The monoisotopic (exact) mass is 335 g/mol. The van der Waals surface area contributed by atoms with E-state index in [-0.39, 0.29) is 24.2 Å². The molecule has 3 rings (SSSR count). The van der Waals surface area contributed by atoms with Crippen molar-refractivity contribution < 1.29 is 23.8 Å². The van der Waals surface area contributed by atoms with E-state index in [1.165, 1.54) is 12.1 Å². The van der Waals surface area contributed by atoms with Gasteiger partial charge in [-0.05, 0) is 37.1 Å². The van der Waals surface area contributed by atoms with Crippen molar-refractivity contribution in [2.45, 2.75) is 44.6 Å². The first-order chi connectivity index (χ1) is 11.5. The van der Waals surface area contributed by atoms with E-state index in [1.807, 2.05) is 0 Å². The number of carboxylic acids is 1. The van der Waals surface area contributed by atoms with Gasteiger partial charge in [0.1, 0.15) is 17.7 Å². The lowest BCUT2D eigenvalue weighted by atomic mass is 9.66. The van der Waals surface area contributed by atoms with Crippen molar-refractivity contribution in [3.8, 4) is 5.75 Å². The molecule has 0 spiro atoms. The first kappa shape index (κ1) is 16.7. The Morgan fingerprint density at radius 1 is 1.21 bits per heavy atom. The predicted molar refractivity (Wildman–Crippen MR) is 85.2 cm³/mol. The highest BCUT2D eigenvalue weighted by molar-refractivity contribution is 5.85. The van der Waals surface area contributed by atoms with Crippen LogP contribution >= 0.6 is 0 Å². The number of halogens is 1.